The highest BCUT2D eigenvalue weighted by molar-refractivity contribution is 5.38. The largest absolute Gasteiger partial charge is 0.494 e. The highest BCUT2D eigenvalue weighted by atomic mass is 19.1. The van der Waals surface area contributed by atoms with Gasteiger partial charge in [0.15, 0.2) is 11.6 Å². The molecule has 0 bridgehead atoms. The zero-order chi connectivity index (χ0) is 12.3. The number of nitrogens with zero attached hydrogens (tertiary/aromatic N) is 1. The van der Waals surface area contributed by atoms with Gasteiger partial charge >= 0.3 is 0 Å². The van der Waals surface area contributed by atoms with Gasteiger partial charge in [-0.05, 0) is 29.3 Å². The molecule has 0 spiro atoms. The van der Waals surface area contributed by atoms with Crippen LogP contribution >= 0.6 is 0 Å². The van der Waals surface area contributed by atoms with E-state index in [2.05, 4.69) is 4.98 Å². The quantitative estimate of drug-likeness (QED) is 0.884. The first-order valence-electron chi connectivity index (χ1n) is 5.22. The van der Waals surface area contributed by atoms with E-state index in [9.17, 15) is 4.39 Å². The number of hydrogen-bond acceptors (Lipinski definition) is 3. The maximum Gasteiger partial charge on any atom is 0.168 e. The number of pyridine rings is 1. The number of rotatable bonds is 3. The van der Waals surface area contributed by atoms with Crippen molar-refractivity contribution in [2.45, 2.75) is 6.42 Å². The highest BCUT2D eigenvalue weighted by Crippen LogP contribution is 2.22. The lowest BCUT2D eigenvalue weighted by molar-refractivity contribution is 0.384. The number of anilines is 1. The molecule has 0 fully saturated rings. The Morgan fingerprint density at radius 2 is 2.18 bits per heavy atom. The standard InChI is InChI=1S/C13H13FN2O/c1-17-11-4-2-3-10(13(11)14)7-9-5-6-16-12(15)8-9/h2-6,8H,7H2,1H3,(H2,15,16). The minimum absolute atomic E-state index is 0.254. The van der Waals surface area contributed by atoms with E-state index >= 15 is 0 Å². The summed E-state index contributed by atoms with van der Waals surface area (Å²) in [6.07, 6.45) is 2.08. The van der Waals surface area contributed by atoms with Gasteiger partial charge in [0.05, 0.1) is 7.11 Å². The molecule has 0 amide bonds. The summed E-state index contributed by atoms with van der Waals surface area (Å²) in [6.45, 7) is 0. The van der Waals surface area contributed by atoms with Crippen molar-refractivity contribution < 1.29 is 9.13 Å². The molecule has 3 nitrogen and oxygen atoms in total. The van der Waals surface area contributed by atoms with Crippen molar-refractivity contribution in [1.82, 2.24) is 4.98 Å². The Morgan fingerprint density at radius 3 is 2.88 bits per heavy atom. The molecule has 0 radical (unpaired) electrons. The fraction of sp³-hybridized carbons (Fsp3) is 0.154. The Hall–Kier alpha value is -2.10. The molecule has 2 N–H and O–H groups in total. The van der Waals surface area contributed by atoms with Crippen LogP contribution in [0.3, 0.4) is 0 Å². The summed E-state index contributed by atoms with van der Waals surface area (Å²) in [4.78, 5) is 3.90. The van der Waals surface area contributed by atoms with Crippen LogP contribution in [0.4, 0.5) is 10.2 Å². The van der Waals surface area contributed by atoms with Crippen LogP contribution in [0, 0.1) is 5.82 Å². The summed E-state index contributed by atoms with van der Waals surface area (Å²) < 4.78 is 18.8. The van der Waals surface area contributed by atoms with E-state index in [1.165, 1.54) is 7.11 Å². The zero-order valence-electron chi connectivity index (χ0n) is 9.48. The Labute approximate surface area is 99.1 Å². The lowest BCUT2D eigenvalue weighted by Gasteiger charge is -2.07. The number of nitrogen functional groups attached to an aromatic ring is 1. The molecule has 1 aromatic heterocycles. The van der Waals surface area contributed by atoms with Crippen LogP contribution in [-0.2, 0) is 6.42 Å². The lowest BCUT2D eigenvalue weighted by Crippen LogP contribution is -1.97. The molecule has 0 aliphatic rings. The van der Waals surface area contributed by atoms with Gasteiger partial charge in [0.25, 0.3) is 0 Å². The van der Waals surface area contributed by atoms with Gasteiger partial charge < -0.3 is 10.5 Å². The number of methoxy groups -OCH3 is 1. The van der Waals surface area contributed by atoms with Gasteiger partial charge in [0, 0.05) is 12.6 Å². The lowest BCUT2D eigenvalue weighted by atomic mass is 10.1. The van der Waals surface area contributed by atoms with E-state index in [-0.39, 0.29) is 11.6 Å². The van der Waals surface area contributed by atoms with Crippen molar-refractivity contribution in [2.75, 3.05) is 12.8 Å². The van der Waals surface area contributed by atoms with E-state index in [1.54, 1.807) is 30.5 Å². The van der Waals surface area contributed by atoms with E-state index in [4.69, 9.17) is 10.5 Å². The van der Waals surface area contributed by atoms with Crippen molar-refractivity contribution in [3.63, 3.8) is 0 Å². The monoisotopic (exact) mass is 232 g/mol. The first-order chi connectivity index (χ1) is 8.20. The number of benzene rings is 1. The number of halogens is 1. The molecule has 2 rings (SSSR count). The second-order valence-corrected chi connectivity index (χ2v) is 3.70. The number of nitrogens with two attached hydrogens (primary N) is 1. The molecule has 0 aliphatic heterocycles. The molecule has 0 saturated heterocycles. The Morgan fingerprint density at radius 1 is 1.35 bits per heavy atom. The first-order valence-corrected chi connectivity index (χ1v) is 5.22. The summed E-state index contributed by atoms with van der Waals surface area (Å²) in [5, 5.41) is 0. The van der Waals surface area contributed by atoms with Crippen molar-refractivity contribution in [3.8, 4) is 5.75 Å². The Balaban J connectivity index is 2.30. The molecule has 0 aliphatic carbocycles. The molecular weight excluding hydrogens is 219 g/mol. The second-order valence-electron chi connectivity index (χ2n) is 3.70. The van der Waals surface area contributed by atoms with Crippen LogP contribution in [0.5, 0.6) is 5.75 Å². The maximum atomic E-state index is 13.9. The maximum absolute atomic E-state index is 13.9. The average Bonchev–Trinajstić information content (AvgIpc) is 2.32. The third-order valence-corrected chi connectivity index (χ3v) is 2.50. The summed E-state index contributed by atoms with van der Waals surface area (Å²) >= 11 is 0. The normalized spacial score (nSPS) is 10.2. The van der Waals surface area contributed by atoms with Crippen LogP contribution in [0.25, 0.3) is 0 Å². The molecular formula is C13H13FN2O. The van der Waals surface area contributed by atoms with Crippen LogP contribution in [0.1, 0.15) is 11.1 Å². The molecule has 88 valence electrons. The molecule has 0 atom stereocenters. The molecule has 0 saturated carbocycles. The van der Waals surface area contributed by atoms with Crippen molar-refractivity contribution in [2.24, 2.45) is 0 Å². The third kappa shape index (κ3) is 2.53. The van der Waals surface area contributed by atoms with Crippen LogP contribution in [-0.4, -0.2) is 12.1 Å². The fourth-order valence-electron chi connectivity index (χ4n) is 1.67. The van der Waals surface area contributed by atoms with Gasteiger partial charge in [-0.3, -0.25) is 0 Å². The van der Waals surface area contributed by atoms with Crippen molar-refractivity contribution in [1.29, 1.82) is 0 Å². The van der Waals surface area contributed by atoms with Gasteiger partial charge in [-0.2, -0.15) is 0 Å². The smallest absolute Gasteiger partial charge is 0.168 e. The topological polar surface area (TPSA) is 48.1 Å². The minimum Gasteiger partial charge on any atom is -0.494 e. The number of aromatic nitrogens is 1. The summed E-state index contributed by atoms with van der Waals surface area (Å²) in [6, 6.07) is 8.64. The summed E-state index contributed by atoms with van der Waals surface area (Å²) in [7, 11) is 1.45. The van der Waals surface area contributed by atoms with E-state index < -0.39 is 0 Å². The van der Waals surface area contributed by atoms with Crippen molar-refractivity contribution >= 4 is 5.82 Å². The predicted octanol–water partition coefficient (Wildman–Crippen LogP) is 2.40. The fourth-order valence-corrected chi connectivity index (χ4v) is 1.67. The SMILES string of the molecule is COc1cccc(Cc2ccnc(N)c2)c1F. The molecule has 2 aromatic rings. The summed E-state index contributed by atoms with van der Waals surface area (Å²) in [5.41, 5.74) is 7.08. The second kappa shape index (κ2) is 4.82. The van der Waals surface area contributed by atoms with Gasteiger partial charge in [-0.25, -0.2) is 9.37 Å². The van der Waals surface area contributed by atoms with E-state index in [0.29, 0.717) is 17.8 Å². The molecule has 0 unspecified atom stereocenters. The minimum atomic E-state index is -0.328. The predicted molar refractivity (Wildman–Crippen MR) is 64.4 cm³/mol. The van der Waals surface area contributed by atoms with E-state index in [0.717, 1.165) is 5.56 Å². The van der Waals surface area contributed by atoms with Gasteiger partial charge in [0.2, 0.25) is 0 Å². The molecule has 1 aromatic carbocycles. The highest BCUT2D eigenvalue weighted by Gasteiger charge is 2.08. The molecule has 17 heavy (non-hydrogen) atoms. The third-order valence-electron chi connectivity index (χ3n) is 2.50. The van der Waals surface area contributed by atoms with Crippen LogP contribution < -0.4 is 10.5 Å². The van der Waals surface area contributed by atoms with Gasteiger partial charge in [-0.1, -0.05) is 12.1 Å². The Kier molecular flexibility index (Phi) is 3.23. The van der Waals surface area contributed by atoms with Crippen molar-refractivity contribution in [3.05, 3.63) is 53.5 Å². The zero-order valence-corrected chi connectivity index (χ0v) is 9.48. The van der Waals surface area contributed by atoms with E-state index in [1.807, 2.05) is 6.07 Å². The van der Waals surface area contributed by atoms with Gasteiger partial charge in [-0.15, -0.1) is 0 Å². The molecule has 1 heterocycles. The summed E-state index contributed by atoms with van der Waals surface area (Å²) in [5.74, 6) is 0.362. The number of ether oxygens (including phenoxy) is 1. The Bertz CT molecular complexity index is 529. The molecule has 4 heteroatoms. The van der Waals surface area contributed by atoms with Gasteiger partial charge in [0.1, 0.15) is 5.82 Å². The first kappa shape index (κ1) is 11.4. The average molecular weight is 232 g/mol. The number of hydrogen-bond donors (Lipinski definition) is 1. The van der Waals surface area contributed by atoms with Crippen LogP contribution in [0.2, 0.25) is 0 Å². The van der Waals surface area contributed by atoms with Crippen LogP contribution in [0.15, 0.2) is 36.5 Å².